The van der Waals surface area contributed by atoms with E-state index in [1.54, 1.807) is 11.5 Å². The Labute approximate surface area is 161 Å². The predicted octanol–water partition coefficient (Wildman–Crippen LogP) is 2.72. The van der Waals surface area contributed by atoms with E-state index in [0.717, 1.165) is 43.5 Å². The van der Waals surface area contributed by atoms with Crippen LogP contribution in [0.1, 0.15) is 25.1 Å². The fraction of sp³-hybridized carbons (Fsp3) is 0.500. The number of nitrogens with zero attached hydrogens (tertiary/aromatic N) is 3. The van der Waals surface area contributed by atoms with E-state index in [2.05, 4.69) is 35.3 Å². The van der Waals surface area contributed by atoms with Crippen molar-refractivity contribution in [3.05, 3.63) is 30.0 Å². The van der Waals surface area contributed by atoms with Crippen LogP contribution in [0.4, 0.5) is 4.79 Å². The van der Waals surface area contributed by atoms with E-state index in [0.29, 0.717) is 18.3 Å². The third-order valence-corrected chi connectivity index (χ3v) is 6.88. The van der Waals surface area contributed by atoms with Crippen LogP contribution in [0, 0.1) is 0 Å². The zero-order valence-corrected chi connectivity index (χ0v) is 16.3. The standard InChI is InChI=1S/C18H22N4O2S2/c1-12(6-8-22-16(23)11-25-18(22)24)21-9-7-19-14(10-21)17-13-4-2-3-5-15(13)26-20-17/h2-5,12,14,19H,6-11H2,1H3. The Hall–Kier alpha value is -1.48. The molecule has 3 heterocycles. The molecule has 1 N–H and O–H groups in total. The lowest BCUT2D eigenvalue weighted by molar-refractivity contribution is -0.124. The summed E-state index contributed by atoms with van der Waals surface area (Å²) in [6.07, 6.45) is 0.808. The van der Waals surface area contributed by atoms with Crippen LogP contribution in [0.15, 0.2) is 24.3 Å². The first kappa shape index (κ1) is 17.9. The lowest BCUT2D eigenvalue weighted by Gasteiger charge is -2.37. The Balaban J connectivity index is 1.40. The molecule has 0 radical (unpaired) electrons. The van der Waals surface area contributed by atoms with Crippen molar-refractivity contribution in [1.29, 1.82) is 0 Å². The summed E-state index contributed by atoms with van der Waals surface area (Å²) in [6, 6.07) is 8.89. The molecule has 0 spiro atoms. The average Bonchev–Trinajstić information content (AvgIpc) is 3.23. The number of nitrogens with one attached hydrogen (secondary N) is 1. The summed E-state index contributed by atoms with van der Waals surface area (Å²) in [7, 11) is 0. The maximum absolute atomic E-state index is 11.8. The molecule has 0 bridgehead atoms. The Kier molecular flexibility index (Phi) is 5.26. The molecule has 4 rings (SSSR count). The number of amides is 2. The number of piperazine rings is 1. The monoisotopic (exact) mass is 390 g/mol. The van der Waals surface area contributed by atoms with E-state index < -0.39 is 0 Å². The van der Waals surface area contributed by atoms with Gasteiger partial charge in [-0.3, -0.25) is 19.4 Å². The highest BCUT2D eigenvalue weighted by Gasteiger charge is 2.31. The van der Waals surface area contributed by atoms with E-state index in [-0.39, 0.29) is 17.2 Å². The summed E-state index contributed by atoms with van der Waals surface area (Å²) < 4.78 is 5.91. The van der Waals surface area contributed by atoms with E-state index >= 15 is 0 Å². The molecule has 2 aromatic rings. The van der Waals surface area contributed by atoms with Gasteiger partial charge in [0.05, 0.1) is 22.2 Å². The van der Waals surface area contributed by atoms with Crippen molar-refractivity contribution in [2.75, 3.05) is 31.9 Å². The first-order chi connectivity index (χ1) is 12.6. The largest absolute Gasteiger partial charge is 0.306 e. The molecule has 2 amide bonds. The maximum Gasteiger partial charge on any atom is 0.288 e. The lowest BCUT2D eigenvalue weighted by Crippen LogP contribution is -2.50. The Morgan fingerprint density at radius 2 is 2.19 bits per heavy atom. The predicted molar refractivity (Wildman–Crippen MR) is 106 cm³/mol. The smallest absolute Gasteiger partial charge is 0.288 e. The van der Waals surface area contributed by atoms with E-state index in [9.17, 15) is 9.59 Å². The number of imide groups is 1. The number of hydrogen-bond donors (Lipinski definition) is 1. The summed E-state index contributed by atoms with van der Waals surface area (Å²) in [6.45, 7) is 5.47. The molecule has 0 aliphatic carbocycles. The van der Waals surface area contributed by atoms with Crippen LogP contribution in [0.25, 0.3) is 10.1 Å². The van der Waals surface area contributed by atoms with Gasteiger partial charge in [-0.05, 0) is 30.9 Å². The molecule has 2 fully saturated rings. The topological polar surface area (TPSA) is 65.5 Å². The summed E-state index contributed by atoms with van der Waals surface area (Å²) in [5, 5.41) is 4.72. The summed E-state index contributed by atoms with van der Waals surface area (Å²) >= 11 is 2.66. The molecule has 2 aliphatic heterocycles. The van der Waals surface area contributed by atoms with Crippen molar-refractivity contribution in [2.45, 2.75) is 25.4 Å². The van der Waals surface area contributed by atoms with Gasteiger partial charge in [0.15, 0.2) is 0 Å². The minimum atomic E-state index is -0.102. The molecular formula is C18H22N4O2S2. The molecule has 2 unspecified atom stereocenters. The molecule has 1 aromatic heterocycles. The van der Waals surface area contributed by atoms with Crippen LogP contribution in [-0.4, -0.2) is 63.3 Å². The maximum atomic E-state index is 11.8. The molecule has 2 saturated heterocycles. The second-order valence-electron chi connectivity index (χ2n) is 6.80. The highest BCUT2D eigenvalue weighted by Crippen LogP contribution is 2.29. The zero-order valence-electron chi connectivity index (χ0n) is 14.7. The van der Waals surface area contributed by atoms with Gasteiger partial charge < -0.3 is 5.32 Å². The number of carbonyl (C=O) groups is 2. The van der Waals surface area contributed by atoms with Crippen molar-refractivity contribution >= 4 is 44.5 Å². The number of thioether (sulfide) groups is 1. The fourth-order valence-electron chi connectivity index (χ4n) is 3.61. The summed E-state index contributed by atoms with van der Waals surface area (Å²) in [5.41, 5.74) is 1.13. The molecule has 2 aliphatic rings. The van der Waals surface area contributed by atoms with Crippen molar-refractivity contribution in [3.63, 3.8) is 0 Å². The third-order valence-electron chi connectivity index (χ3n) is 5.18. The summed E-state index contributed by atoms with van der Waals surface area (Å²) in [4.78, 5) is 27.3. The van der Waals surface area contributed by atoms with Gasteiger partial charge >= 0.3 is 0 Å². The number of carbonyl (C=O) groups excluding carboxylic acids is 2. The number of rotatable bonds is 5. The lowest BCUT2D eigenvalue weighted by atomic mass is 10.0. The Bertz CT molecular complexity index is 808. The van der Waals surface area contributed by atoms with Crippen molar-refractivity contribution in [1.82, 2.24) is 19.5 Å². The molecule has 138 valence electrons. The van der Waals surface area contributed by atoms with Crippen LogP contribution >= 0.6 is 23.3 Å². The number of aromatic nitrogens is 1. The zero-order chi connectivity index (χ0) is 18.1. The van der Waals surface area contributed by atoms with Gasteiger partial charge in [0.2, 0.25) is 5.91 Å². The van der Waals surface area contributed by atoms with Crippen LogP contribution in [0.2, 0.25) is 0 Å². The summed E-state index contributed by atoms with van der Waals surface area (Å²) in [5.74, 6) is 0.235. The first-order valence-corrected chi connectivity index (χ1v) is 10.7. The van der Waals surface area contributed by atoms with Gasteiger partial charge in [0.25, 0.3) is 5.24 Å². The molecule has 2 atom stereocenters. The van der Waals surface area contributed by atoms with Gasteiger partial charge in [-0.15, -0.1) is 0 Å². The van der Waals surface area contributed by atoms with Gasteiger partial charge in [0, 0.05) is 37.6 Å². The molecule has 6 nitrogen and oxygen atoms in total. The SMILES string of the molecule is CC(CCN1C(=O)CSC1=O)N1CCNC(c2nsc3ccccc23)C1. The van der Waals surface area contributed by atoms with Gasteiger partial charge in [-0.1, -0.05) is 30.0 Å². The molecule has 0 saturated carbocycles. The normalized spacial score (nSPS) is 23.1. The Morgan fingerprint density at radius 3 is 3.00 bits per heavy atom. The van der Waals surface area contributed by atoms with Crippen LogP contribution in [0.3, 0.4) is 0 Å². The van der Waals surface area contributed by atoms with Crippen LogP contribution in [0.5, 0.6) is 0 Å². The van der Waals surface area contributed by atoms with Crippen molar-refractivity contribution in [3.8, 4) is 0 Å². The molecular weight excluding hydrogens is 368 g/mol. The molecule has 1 aromatic carbocycles. The van der Waals surface area contributed by atoms with Crippen LogP contribution in [-0.2, 0) is 4.79 Å². The van der Waals surface area contributed by atoms with Gasteiger partial charge in [-0.25, -0.2) is 0 Å². The van der Waals surface area contributed by atoms with E-state index in [4.69, 9.17) is 4.37 Å². The minimum absolute atomic E-state index is 0.0562. The second-order valence-corrected chi connectivity index (χ2v) is 8.53. The Morgan fingerprint density at radius 1 is 1.35 bits per heavy atom. The average molecular weight is 391 g/mol. The molecule has 26 heavy (non-hydrogen) atoms. The third kappa shape index (κ3) is 3.51. The number of fused-ring (bicyclic) bond motifs is 1. The van der Waals surface area contributed by atoms with Gasteiger partial charge in [0.1, 0.15) is 0 Å². The van der Waals surface area contributed by atoms with E-state index in [1.807, 2.05) is 6.07 Å². The number of hydrogen-bond acceptors (Lipinski definition) is 7. The first-order valence-electron chi connectivity index (χ1n) is 8.92. The fourth-order valence-corrected chi connectivity index (χ4v) is 5.19. The van der Waals surface area contributed by atoms with E-state index in [1.165, 1.54) is 15.0 Å². The molecule has 8 heteroatoms. The second kappa shape index (κ2) is 7.64. The van der Waals surface area contributed by atoms with Gasteiger partial charge in [-0.2, -0.15) is 4.37 Å². The highest BCUT2D eigenvalue weighted by atomic mass is 32.2. The van der Waals surface area contributed by atoms with Crippen molar-refractivity contribution in [2.24, 2.45) is 0 Å². The minimum Gasteiger partial charge on any atom is -0.306 e. The van der Waals surface area contributed by atoms with Crippen molar-refractivity contribution < 1.29 is 9.59 Å². The highest BCUT2D eigenvalue weighted by molar-refractivity contribution is 8.14. The number of benzene rings is 1. The quantitative estimate of drug-likeness (QED) is 0.847. The van der Waals surface area contributed by atoms with Crippen LogP contribution < -0.4 is 5.32 Å².